The van der Waals surface area contributed by atoms with Gasteiger partial charge in [0.2, 0.25) is 0 Å². The summed E-state index contributed by atoms with van der Waals surface area (Å²) >= 11 is 0. The Hall–Kier alpha value is -2.43. The number of carbonyl (C=O) groups is 1. The molecule has 2 atom stereocenters. The zero-order valence-corrected chi connectivity index (χ0v) is 9.48. The van der Waals surface area contributed by atoms with Crippen LogP contribution in [0.4, 0.5) is 4.79 Å². The van der Waals surface area contributed by atoms with Crippen molar-refractivity contribution in [2.75, 3.05) is 0 Å². The van der Waals surface area contributed by atoms with Gasteiger partial charge in [0.25, 0.3) is 0 Å². The second-order valence-corrected chi connectivity index (χ2v) is 3.99. The van der Waals surface area contributed by atoms with Crippen LogP contribution in [0.15, 0.2) is 48.9 Å². The van der Waals surface area contributed by atoms with Crippen molar-refractivity contribution in [1.82, 2.24) is 15.3 Å². The number of ether oxygens (including phenoxy) is 1. The number of amides is 1. The summed E-state index contributed by atoms with van der Waals surface area (Å²) < 4.78 is 5.26. The number of cyclic esters (lactones) is 1. The van der Waals surface area contributed by atoms with Crippen molar-refractivity contribution in [3.8, 4) is 0 Å². The number of nitrogens with zero attached hydrogens (tertiary/aromatic N) is 2. The minimum absolute atomic E-state index is 0.226. The van der Waals surface area contributed by atoms with E-state index in [0.29, 0.717) is 5.69 Å². The van der Waals surface area contributed by atoms with E-state index in [0.717, 1.165) is 5.56 Å². The highest BCUT2D eigenvalue weighted by atomic mass is 16.6. The van der Waals surface area contributed by atoms with Gasteiger partial charge in [0.05, 0.1) is 6.20 Å². The molecule has 5 nitrogen and oxygen atoms in total. The fraction of sp³-hybridized carbons (Fsp3) is 0.154. The van der Waals surface area contributed by atoms with Crippen molar-refractivity contribution in [3.05, 3.63) is 60.2 Å². The quantitative estimate of drug-likeness (QED) is 0.873. The zero-order valence-electron chi connectivity index (χ0n) is 9.48. The van der Waals surface area contributed by atoms with Gasteiger partial charge in [-0.25, -0.2) is 4.79 Å². The topological polar surface area (TPSA) is 64.1 Å². The lowest BCUT2D eigenvalue weighted by Crippen LogP contribution is -2.19. The predicted molar refractivity (Wildman–Crippen MR) is 63.6 cm³/mol. The highest BCUT2D eigenvalue weighted by molar-refractivity contribution is 5.71. The molecule has 1 saturated heterocycles. The Kier molecular flexibility index (Phi) is 2.64. The van der Waals surface area contributed by atoms with Crippen LogP contribution in [0.25, 0.3) is 0 Å². The van der Waals surface area contributed by atoms with Gasteiger partial charge in [-0.2, -0.15) is 0 Å². The van der Waals surface area contributed by atoms with Crippen molar-refractivity contribution in [3.63, 3.8) is 0 Å². The molecular formula is C13H11N3O2. The normalized spacial score (nSPS) is 22.3. The Labute approximate surface area is 104 Å². The first-order chi connectivity index (χ1) is 8.84. The van der Waals surface area contributed by atoms with E-state index in [9.17, 15) is 4.79 Å². The summed E-state index contributed by atoms with van der Waals surface area (Å²) in [5.41, 5.74) is 1.63. The molecule has 1 aromatic carbocycles. The van der Waals surface area contributed by atoms with Gasteiger partial charge in [-0.1, -0.05) is 30.3 Å². The predicted octanol–water partition coefficient (Wildman–Crippen LogP) is 2.00. The molecule has 2 aromatic rings. The average molecular weight is 241 g/mol. The molecule has 0 unspecified atom stereocenters. The van der Waals surface area contributed by atoms with Crippen molar-refractivity contribution in [2.45, 2.75) is 12.1 Å². The van der Waals surface area contributed by atoms with E-state index in [-0.39, 0.29) is 6.04 Å². The smallest absolute Gasteiger partial charge is 0.408 e. The number of hydrogen-bond acceptors (Lipinski definition) is 4. The van der Waals surface area contributed by atoms with Crippen LogP contribution in [-0.4, -0.2) is 16.1 Å². The van der Waals surface area contributed by atoms with Gasteiger partial charge in [0.15, 0.2) is 6.10 Å². The molecule has 1 N–H and O–H groups in total. The molecular weight excluding hydrogens is 230 g/mol. The number of carbonyl (C=O) groups excluding carboxylic acids is 1. The van der Waals surface area contributed by atoms with Gasteiger partial charge in [-0.05, 0) is 5.56 Å². The number of benzene rings is 1. The molecule has 0 saturated carbocycles. The molecule has 1 aliphatic rings. The van der Waals surface area contributed by atoms with Crippen LogP contribution in [0, 0.1) is 0 Å². The molecule has 1 amide bonds. The Morgan fingerprint density at radius 1 is 1.17 bits per heavy atom. The van der Waals surface area contributed by atoms with E-state index in [2.05, 4.69) is 15.3 Å². The van der Waals surface area contributed by atoms with Gasteiger partial charge in [-0.3, -0.25) is 9.97 Å². The maximum Gasteiger partial charge on any atom is 0.408 e. The van der Waals surface area contributed by atoms with Crippen molar-refractivity contribution >= 4 is 6.09 Å². The van der Waals surface area contributed by atoms with E-state index in [1.807, 2.05) is 30.3 Å². The summed E-state index contributed by atoms with van der Waals surface area (Å²) in [5.74, 6) is 0. The lowest BCUT2D eigenvalue weighted by Gasteiger charge is -2.16. The summed E-state index contributed by atoms with van der Waals surface area (Å²) in [7, 11) is 0. The number of rotatable bonds is 2. The van der Waals surface area contributed by atoms with Crippen LogP contribution in [0.2, 0.25) is 0 Å². The van der Waals surface area contributed by atoms with Gasteiger partial charge < -0.3 is 10.1 Å². The van der Waals surface area contributed by atoms with Crippen molar-refractivity contribution < 1.29 is 9.53 Å². The second-order valence-electron chi connectivity index (χ2n) is 3.99. The van der Waals surface area contributed by atoms with E-state index < -0.39 is 12.2 Å². The van der Waals surface area contributed by atoms with Crippen LogP contribution < -0.4 is 5.32 Å². The van der Waals surface area contributed by atoms with Crippen LogP contribution in [0.3, 0.4) is 0 Å². The first-order valence-electron chi connectivity index (χ1n) is 5.62. The Morgan fingerprint density at radius 3 is 2.72 bits per heavy atom. The molecule has 90 valence electrons. The van der Waals surface area contributed by atoms with Gasteiger partial charge in [0.1, 0.15) is 11.7 Å². The lowest BCUT2D eigenvalue weighted by atomic mass is 10.0. The number of alkyl carbamates (subject to hydrolysis) is 1. The Balaban J connectivity index is 1.96. The molecule has 2 heterocycles. The van der Waals surface area contributed by atoms with E-state index in [4.69, 9.17) is 4.74 Å². The highest BCUT2D eigenvalue weighted by Gasteiger charge is 2.37. The Morgan fingerprint density at radius 2 is 2.00 bits per heavy atom. The standard InChI is InChI=1S/C13H11N3O2/c17-13-16-11(9-4-2-1-3-5-9)12(18-13)10-8-14-6-7-15-10/h1-8,11-12H,(H,16,17)/t11-,12-/m0/s1. The zero-order chi connectivity index (χ0) is 12.4. The molecule has 0 spiro atoms. The third kappa shape index (κ3) is 1.90. The van der Waals surface area contributed by atoms with E-state index in [1.165, 1.54) is 0 Å². The fourth-order valence-electron chi connectivity index (χ4n) is 2.03. The monoisotopic (exact) mass is 241 g/mol. The van der Waals surface area contributed by atoms with Gasteiger partial charge >= 0.3 is 6.09 Å². The number of nitrogens with one attached hydrogen (secondary N) is 1. The summed E-state index contributed by atoms with van der Waals surface area (Å²) in [5, 5.41) is 2.79. The van der Waals surface area contributed by atoms with Gasteiger partial charge in [-0.15, -0.1) is 0 Å². The molecule has 1 aliphatic heterocycles. The lowest BCUT2D eigenvalue weighted by molar-refractivity contribution is 0.129. The SMILES string of the molecule is O=C1N[C@@H](c2ccccc2)[C@H](c2cnccn2)O1. The third-order valence-electron chi connectivity index (χ3n) is 2.84. The molecule has 5 heteroatoms. The maximum absolute atomic E-state index is 11.4. The van der Waals surface area contributed by atoms with Crippen LogP contribution in [0.5, 0.6) is 0 Å². The van der Waals surface area contributed by atoms with E-state index >= 15 is 0 Å². The van der Waals surface area contributed by atoms with Crippen molar-refractivity contribution in [2.24, 2.45) is 0 Å². The first-order valence-corrected chi connectivity index (χ1v) is 5.62. The largest absolute Gasteiger partial charge is 0.437 e. The third-order valence-corrected chi connectivity index (χ3v) is 2.84. The number of hydrogen-bond donors (Lipinski definition) is 1. The minimum atomic E-state index is -0.436. The van der Waals surface area contributed by atoms with Gasteiger partial charge in [0, 0.05) is 12.4 Å². The number of aromatic nitrogens is 2. The highest BCUT2D eigenvalue weighted by Crippen LogP contribution is 2.34. The summed E-state index contributed by atoms with van der Waals surface area (Å²) in [6, 6.07) is 9.45. The molecule has 0 bridgehead atoms. The molecule has 1 aromatic heterocycles. The second kappa shape index (κ2) is 4.44. The molecule has 0 aliphatic carbocycles. The molecule has 3 rings (SSSR count). The first kappa shape index (κ1) is 10.7. The molecule has 18 heavy (non-hydrogen) atoms. The summed E-state index contributed by atoms with van der Waals surface area (Å²) in [6.07, 6.45) is 3.92. The molecule has 0 radical (unpaired) electrons. The van der Waals surface area contributed by atoms with Crippen LogP contribution in [0.1, 0.15) is 23.4 Å². The minimum Gasteiger partial charge on any atom is -0.437 e. The average Bonchev–Trinajstić information content (AvgIpc) is 2.83. The van der Waals surface area contributed by atoms with Crippen molar-refractivity contribution in [1.29, 1.82) is 0 Å². The van der Waals surface area contributed by atoms with Crippen LogP contribution in [-0.2, 0) is 4.74 Å². The summed E-state index contributed by atoms with van der Waals surface area (Å²) in [4.78, 5) is 19.6. The summed E-state index contributed by atoms with van der Waals surface area (Å²) in [6.45, 7) is 0. The fourth-order valence-corrected chi connectivity index (χ4v) is 2.03. The van der Waals surface area contributed by atoms with Crippen LogP contribution >= 0.6 is 0 Å². The molecule has 1 fully saturated rings. The Bertz CT molecular complexity index is 495. The van der Waals surface area contributed by atoms with E-state index in [1.54, 1.807) is 18.6 Å². The maximum atomic E-state index is 11.4.